The summed E-state index contributed by atoms with van der Waals surface area (Å²) in [5.74, 6) is 1.60. The molecule has 0 fully saturated rings. The maximum atomic E-state index is 10.6. The van der Waals surface area contributed by atoms with Crippen molar-refractivity contribution in [1.82, 2.24) is 0 Å². The highest BCUT2D eigenvalue weighted by Gasteiger charge is 2.02. The molecular formula is C11H20O. The first-order valence-electron chi connectivity index (χ1n) is 4.69. The van der Waals surface area contributed by atoms with Gasteiger partial charge in [-0.3, -0.25) is 4.79 Å². The molecule has 0 aromatic heterocycles. The summed E-state index contributed by atoms with van der Waals surface area (Å²) in [5.41, 5.74) is 0. The number of ketones is 1. The summed E-state index contributed by atoms with van der Waals surface area (Å²) in [5, 5.41) is 0. The Morgan fingerprint density at radius 2 is 1.92 bits per heavy atom. The van der Waals surface area contributed by atoms with Crippen LogP contribution in [0.4, 0.5) is 0 Å². The van der Waals surface area contributed by atoms with Gasteiger partial charge in [0.25, 0.3) is 0 Å². The zero-order chi connectivity index (χ0) is 9.56. The largest absolute Gasteiger partial charge is 0.295 e. The smallest absolute Gasteiger partial charge is 0.152 e. The number of hydrogen-bond acceptors (Lipinski definition) is 1. The summed E-state index contributed by atoms with van der Waals surface area (Å²) in [7, 11) is 0. The summed E-state index contributed by atoms with van der Waals surface area (Å²) in [4.78, 5) is 10.6. The first-order chi connectivity index (χ1) is 5.52. The van der Waals surface area contributed by atoms with Crippen LogP contribution < -0.4 is 0 Å². The van der Waals surface area contributed by atoms with Gasteiger partial charge in [-0.25, -0.2) is 0 Å². The van der Waals surface area contributed by atoms with E-state index in [1.165, 1.54) is 6.42 Å². The number of hydrogen-bond donors (Lipinski definition) is 0. The molecule has 70 valence electrons. The molecule has 0 aliphatic rings. The Morgan fingerprint density at radius 3 is 2.33 bits per heavy atom. The monoisotopic (exact) mass is 168 g/mol. The van der Waals surface area contributed by atoms with E-state index >= 15 is 0 Å². The Hall–Kier alpha value is -0.590. The van der Waals surface area contributed by atoms with Crippen LogP contribution in [0.1, 0.15) is 40.5 Å². The van der Waals surface area contributed by atoms with Crippen LogP contribution in [0.3, 0.4) is 0 Å². The van der Waals surface area contributed by atoms with Crippen molar-refractivity contribution in [3.63, 3.8) is 0 Å². The van der Waals surface area contributed by atoms with E-state index in [1.54, 1.807) is 13.0 Å². The standard InChI is InChI=1S/C11H20O/c1-9(2)8-10(3)6-5-7-11(4)12/h5,7,9-10H,6,8H2,1-4H3/b7-5+. The molecule has 0 saturated carbocycles. The molecule has 0 saturated heterocycles. The Bertz CT molecular complexity index is 156. The van der Waals surface area contributed by atoms with Crippen LogP contribution in [0.15, 0.2) is 12.2 Å². The molecule has 1 unspecified atom stereocenters. The molecule has 0 heterocycles. The molecule has 0 amide bonds. The minimum Gasteiger partial charge on any atom is -0.295 e. The molecule has 0 aliphatic carbocycles. The van der Waals surface area contributed by atoms with Crippen molar-refractivity contribution in [3.8, 4) is 0 Å². The van der Waals surface area contributed by atoms with Crippen LogP contribution in [0.5, 0.6) is 0 Å². The fourth-order valence-electron chi connectivity index (χ4n) is 1.37. The number of carbonyl (C=O) groups excluding carboxylic acids is 1. The van der Waals surface area contributed by atoms with Gasteiger partial charge in [-0.1, -0.05) is 26.8 Å². The molecule has 0 N–H and O–H groups in total. The lowest BCUT2D eigenvalue weighted by molar-refractivity contribution is -0.112. The Morgan fingerprint density at radius 1 is 1.33 bits per heavy atom. The maximum absolute atomic E-state index is 10.6. The summed E-state index contributed by atoms with van der Waals surface area (Å²) in [6.07, 6.45) is 5.91. The second-order valence-corrected chi connectivity index (χ2v) is 3.98. The molecule has 1 heteroatoms. The summed E-state index contributed by atoms with van der Waals surface area (Å²) in [6.45, 7) is 8.27. The van der Waals surface area contributed by atoms with Crippen molar-refractivity contribution in [3.05, 3.63) is 12.2 Å². The Balaban J connectivity index is 3.56. The van der Waals surface area contributed by atoms with Crippen LogP contribution in [0.25, 0.3) is 0 Å². The molecule has 1 atom stereocenters. The van der Waals surface area contributed by atoms with E-state index in [9.17, 15) is 4.79 Å². The minimum atomic E-state index is 0.145. The Kier molecular flexibility index (Phi) is 5.69. The van der Waals surface area contributed by atoms with E-state index in [0.29, 0.717) is 5.92 Å². The van der Waals surface area contributed by atoms with Crippen LogP contribution in [0.2, 0.25) is 0 Å². The Labute approximate surface area is 75.9 Å². The molecular weight excluding hydrogens is 148 g/mol. The summed E-state index contributed by atoms with van der Waals surface area (Å²) >= 11 is 0. The first kappa shape index (κ1) is 11.4. The lowest BCUT2D eigenvalue weighted by atomic mass is 9.96. The normalized spacial score (nSPS) is 14.1. The van der Waals surface area contributed by atoms with Crippen LogP contribution >= 0.6 is 0 Å². The zero-order valence-corrected chi connectivity index (χ0v) is 8.63. The molecule has 0 bridgehead atoms. The van der Waals surface area contributed by atoms with E-state index in [1.807, 2.05) is 6.08 Å². The van der Waals surface area contributed by atoms with Gasteiger partial charge in [0.15, 0.2) is 5.78 Å². The van der Waals surface area contributed by atoms with Gasteiger partial charge >= 0.3 is 0 Å². The van der Waals surface area contributed by atoms with E-state index in [2.05, 4.69) is 20.8 Å². The third kappa shape index (κ3) is 7.52. The van der Waals surface area contributed by atoms with Crippen molar-refractivity contribution in [2.45, 2.75) is 40.5 Å². The fraction of sp³-hybridized carbons (Fsp3) is 0.727. The lowest BCUT2D eigenvalue weighted by Gasteiger charge is -2.10. The molecule has 0 rings (SSSR count). The second kappa shape index (κ2) is 5.99. The molecule has 0 radical (unpaired) electrons. The average Bonchev–Trinajstić information content (AvgIpc) is 1.84. The van der Waals surface area contributed by atoms with Crippen molar-refractivity contribution in [2.75, 3.05) is 0 Å². The van der Waals surface area contributed by atoms with Gasteiger partial charge in [0.2, 0.25) is 0 Å². The maximum Gasteiger partial charge on any atom is 0.152 e. The average molecular weight is 168 g/mol. The van der Waals surface area contributed by atoms with Gasteiger partial charge in [0, 0.05) is 0 Å². The fourth-order valence-corrected chi connectivity index (χ4v) is 1.37. The topological polar surface area (TPSA) is 17.1 Å². The van der Waals surface area contributed by atoms with Crippen LogP contribution in [-0.4, -0.2) is 5.78 Å². The van der Waals surface area contributed by atoms with Crippen LogP contribution in [-0.2, 0) is 4.79 Å². The number of rotatable bonds is 5. The second-order valence-electron chi connectivity index (χ2n) is 3.98. The number of carbonyl (C=O) groups is 1. The third-order valence-electron chi connectivity index (χ3n) is 1.76. The third-order valence-corrected chi connectivity index (χ3v) is 1.76. The quantitative estimate of drug-likeness (QED) is 0.576. The van der Waals surface area contributed by atoms with Crippen LogP contribution in [0, 0.1) is 11.8 Å². The SMILES string of the molecule is CC(=O)/C=C/CC(C)CC(C)C. The molecule has 0 spiro atoms. The first-order valence-corrected chi connectivity index (χ1v) is 4.69. The lowest BCUT2D eigenvalue weighted by Crippen LogP contribution is -1.98. The minimum absolute atomic E-state index is 0.145. The predicted molar refractivity (Wildman–Crippen MR) is 53.1 cm³/mol. The van der Waals surface area contributed by atoms with Gasteiger partial charge in [-0.2, -0.15) is 0 Å². The highest BCUT2D eigenvalue weighted by molar-refractivity contribution is 5.87. The molecule has 0 aliphatic heterocycles. The van der Waals surface area contributed by atoms with E-state index in [-0.39, 0.29) is 5.78 Å². The van der Waals surface area contributed by atoms with Gasteiger partial charge in [0.1, 0.15) is 0 Å². The van der Waals surface area contributed by atoms with Crippen molar-refractivity contribution in [2.24, 2.45) is 11.8 Å². The van der Waals surface area contributed by atoms with Gasteiger partial charge in [-0.05, 0) is 37.7 Å². The molecule has 12 heavy (non-hydrogen) atoms. The van der Waals surface area contributed by atoms with Crippen molar-refractivity contribution in [1.29, 1.82) is 0 Å². The number of allylic oxidation sites excluding steroid dienone is 2. The highest BCUT2D eigenvalue weighted by atomic mass is 16.1. The van der Waals surface area contributed by atoms with Gasteiger partial charge in [-0.15, -0.1) is 0 Å². The summed E-state index contributed by atoms with van der Waals surface area (Å²) < 4.78 is 0. The van der Waals surface area contributed by atoms with E-state index < -0.39 is 0 Å². The summed E-state index contributed by atoms with van der Waals surface area (Å²) in [6, 6.07) is 0. The van der Waals surface area contributed by atoms with Crippen molar-refractivity contribution >= 4 is 5.78 Å². The highest BCUT2D eigenvalue weighted by Crippen LogP contribution is 2.14. The predicted octanol–water partition coefficient (Wildman–Crippen LogP) is 3.20. The molecule has 0 aromatic carbocycles. The molecule has 1 nitrogen and oxygen atoms in total. The van der Waals surface area contributed by atoms with E-state index in [4.69, 9.17) is 0 Å². The van der Waals surface area contributed by atoms with Gasteiger partial charge in [0.05, 0.1) is 0 Å². The van der Waals surface area contributed by atoms with E-state index in [0.717, 1.165) is 12.3 Å². The van der Waals surface area contributed by atoms with Gasteiger partial charge < -0.3 is 0 Å². The zero-order valence-electron chi connectivity index (χ0n) is 8.63. The van der Waals surface area contributed by atoms with Crippen molar-refractivity contribution < 1.29 is 4.79 Å². The molecule has 0 aromatic rings.